The summed E-state index contributed by atoms with van der Waals surface area (Å²) in [6.45, 7) is 1.94. The van der Waals surface area contributed by atoms with E-state index in [1.54, 1.807) is 0 Å². The molecule has 0 saturated carbocycles. The topological polar surface area (TPSA) is 38.1 Å². The molecule has 0 fully saturated rings. The summed E-state index contributed by atoms with van der Waals surface area (Å²) in [4.78, 5) is 0. The van der Waals surface area contributed by atoms with Crippen LogP contribution >= 0.6 is 11.6 Å². The largest absolute Gasteiger partial charge is 0.360 e. The molecule has 1 aliphatic rings. The average molecular weight is 249 g/mol. The molecule has 0 atom stereocenters. The van der Waals surface area contributed by atoms with Crippen molar-refractivity contribution in [2.24, 2.45) is 0 Å². The van der Waals surface area contributed by atoms with Crippen molar-refractivity contribution in [2.75, 3.05) is 13.1 Å². The molecule has 0 bridgehead atoms. The van der Waals surface area contributed by atoms with E-state index in [0.29, 0.717) is 0 Å². The van der Waals surface area contributed by atoms with Crippen LogP contribution in [0.15, 0.2) is 28.8 Å². The first kappa shape index (κ1) is 10.8. The monoisotopic (exact) mass is 248 g/mol. The second-order valence-corrected chi connectivity index (χ2v) is 4.63. The second-order valence-electron chi connectivity index (χ2n) is 4.19. The molecule has 17 heavy (non-hydrogen) atoms. The van der Waals surface area contributed by atoms with Gasteiger partial charge in [-0.3, -0.25) is 0 Å². The predicted molar refractivity (Wildman–Crippen MR) is 67.2 cm³/mol. The minimum absolute atomic E-state index is 0.741. The summed E-state index contributed by atoms with van der Waals surface area (Å²) in [5.41, 5.74) is 3.26. The highest BCUT2D eigenvalue weighted by atomic mass is 35.5. The maximum Gasteiger partial charge on any atom is 0.141 e. The zero-order valence-electron chi connectivity index (χ0n) is 9.37. The number of aromatic nitrogens is 1. The smallest absolute Gasteiger partial charge is 0.141 e. The molecule has 0 spiro atoms. The fourth-order valence-corrected chi connectivity index (χ4v) is 2.30. The van der Waals surface area contributed by atoms with E-state index in [-0.39, 0.29) is 0 Å². The summed E-state index contributed by atoms with van der Waals surface area (Å²) in [6.07, 6.45) is 1.88. The minimum atomic E-state index is 0.741. The molecule has 0 radical (unpaired) electrons. The van der Waals surface area contributed by atoms with Gasteiger partial charge in [0.15, 0.2) is 0 Å². The number of fused-ring (bicyclic) bond motifs is 1. The maximum absolute atomic E-state index is 5.89. The van der Waals surface area contributed by atoms with Gasteiger partial charge in [0, 0.05) is 29.1 Å². The fraction of sp³-hybridized carbons (Fsp3) is 0.308. The Labute approximate surface area is 105 Å². The van der Waals surface area contributed by atoms with Gasteiger partial charge in [-0.05, 0) is 25.1 Å². The van der Waals surface area contributed by atoms with Gasteiger partial charge >= 0.3 is 0 Å². The van der Waals surface area contributed by atoms with Crippen LogP contribution in [0.5, 0.6) is 0 Å². The molecular formula is C13H13ClN2O. The lowest BCUT2D eigenvalue weighted by Gasteiger charge is -2.01. The second kappa shape index (κ2) is 4.51. The normalized spacial score (nSPS) is 15.4. The summed E-state index contributed by atoms with van der Waals surface area (Å²) in [5, 5.41) is 8.29. The molecule has 1 aromatic heterocycles. The lowest BCUT2D eigenvalue weighted by molar-refractivity contribution is 0.384. The van der Waals surface area contributed by atoms with Crippen LogP contribution in [0.3, 0.4) is 0 Å². The van der Waals surface area contributed by atoms with E-state index in [4.69, 9.17) is 16.1 Å². The Morgan fingerprint density at radius 1 is 1.12 bits per heavy atom. The fourth-order valence-electron chi connectivity index (χ4n) is 2.17. The Morgan fingerprint density at radius 2 is 1.88 bits per heavy atom. The van der Waals surface area contributed by atoms with Crippen LogP contribution in [-0.4, -0.2) is 18.2 Å². The highest BCUT2D eigenvalue weighted by molar-refractivity contribution is 6.30. The number of halogens is 1. The van der Waals surface area contributed by atoms with Gasteiger partial charge in [-0.2, -0.15) is 0 Å². The highest BCUT2D eigenvalue weighted by Crippen LogP contribution is 2.27. The SMILES string of the molecule is Clc1ccc(-c2noc3c2CCNCC3)cc1. The van der Waals surface area contributed by atoms with Crippen LogP contribution in [-0.2, 0) is 12.8 Å². The van der Waals surface area contributed by atoms with E-state index in [0.717, 1.165) is 48.0 Å². The van der Waals surface area contributed by atoms with E-state index < -0.39 is 0 Å². The summed E-state index contributed by atoms with van der Waals surface area (Å²) < 4.78 is 5.43. The van der Waals surface area contributed by atoms with Crippen molar-refractivity contribution in [1.82, 2.24) is 10.5 Å². The van der Waals surface area contributed by atoms with E-state index in [2.05, 4.69) is 10.5 Å². The molecular weight excluding hydrogens is 236 g/mol. The van der Waals surface area contributed by atoms with Crippen molar-refractivity contribution >= 4 is 11.6 Å². The standard InChI is InChI=1S/C13H13ClN2O/c14-10-3-1-9(2-4-10)13-11-5-7-15-8-6-12(11)17-16-13/h1-4,15H,5-8H2. The molecule has 0 unspecified atom stereocenters. The van der Waals surface area contributed by atoms with Crippen LogP contribution in [0.25, 0.3) is 11.3 Å². The van der Waals surface area contributed by atoms with E-state index in [1.165, 1.54) is 5.56 Å². The molecule has 0 aliphatic carbocycles. The average Bonchev–Trinajstić information content (AvgIpc) is 2.60. The van der Waals surface area contributed by atoms with Crippen LogP contribution in [0.1, 0.15) is 11.3 Å². The molecule has 88 valence electrons. The molecule has 0 amide bonds. The molecule has 4 heteroatoms. The minimum Gasteiger partial charge on any atom is -0.360 e. The van der Waals surface area contributed by atoms with E-state index in [1.807, 2.05) is 24.3 Å². The van der Waals surface area contributed by atoms with Crippen LogP contribution in [0.4, 0.5) is 0 Å². The van der Waals surface area contributed by atoms with Gasteiger partial charge in [-0.15, -0.1) is 0 Å². The zero-order valence-corrected chi connectivity index (χ0v) is 10.1. The summed E-state index contributed by atoms with van der Waals surface area (Å²) in [5.74, 6) is 1.01. The number of hydrogen-bond donors (Lipinski definition) is 1. The lowest BCUT2D eigenvalue weighted by Crippen LogP contribution is -2.16. The summed E-state index contributed by atoms with van der Waals surface area (Å²) >= 11 is 5.89. The first-order chi connectivity index (χ1) is 8.34. The van der Waals surface area contributed by atoms with Crippen molar-refractivity contribution in [3.05, 3.63) is 40.6 Å². The Hall–Kier alpha value is -1.32. The van der Waals surface area contributed by atoms with Crippen molar-refractivity contribution in [1.29, 1.82) is 0 Å². The van der Waals surface area contributed by atoms with Gasteiger partial charge < -0.3 is 9.84 Å². The number of nitrogens with zero attached hydrogens (tertiary/aromatic N) is 1. The van der Waals surface area contributed by atoms with Gasteiger partial charge in [0.05, 0.1) is 0 Å². The van der Waals surface area contributed by atoms with Crippen LogP contribution in [0.2, 0.25) is 5.02 Å². The quantitative estimate of drug-likeness (QED) is 0.843. The molecule has 1 aliphatic heterocycles. The molecule has 3 nitrogen and oxygen atoms in total. The number of hydrogen-bond acceptors (Lipinski definition) is 3. The molecule has 2 aromatic rings. The van der Waals surface area contributed by atoms with E-state index >= 15 is 0 Å². The van der Waals surface area contributed by atoms with Gasteiger partial charge in [0.25, 0.3) is 0 Å². The molecule has 0 saturated heterocycles. The van der Waals surface area contributed by atoms with Crippen molar-refractivity contribution in [2.45, 2.75) is 12.8 Å². The molecule has 1 N–H and O–H groups in total. The Morgan fingerprint density at radius 3 is 2.71 bits per heavy atom. The third-order valence-electron chi connectivity index (χ3n) is 3.07. The zero-order chi connectivity index (χ0) is 11.7. The van der Waals surface area contributed by atoms with Gasteiger partial charge in [0.1, 0.15) is 11.5 Å². The van der Waals surface area contributed by atoms with E-state index in [9.17, 15) is 0 Å². The number of benzene rings is 1. The summed E-state index contributed by atoms with van der Waals surface area (Å²) in [7, 11) is 0. The first-order valence-corrected chi connectivity index (χ1v) is 6.16. The van der Waals surface area contributed by atoms with Gasteiger partial charge in [0.2, 0.25) is 0 Å². The number of rotatable bonds is 1. The molecule has 3 rings (SSSR count). The molecule has 1 aromatic carbocycles. The highest BCUT2D eigenvalue weighted by Gasteiger charge is 2.18. The summed E-state index contributed by atoms with van der Waals surface area (Å²) in [6, 6.07) is 7.73. The number of nitrogens with one attached hydrogen (secondary N) is 1. The Balaban J connectivity index is 2.03. The van der Waals surface area contributed by atoms with Gasteiger partial charge in [-0.25, -0.2) is 0 Å². The van der Waals surface area contributed by atoms with Crippen LogP contribution < -0.4 is 5.32 Å². The van der Waals surface area contributed by atoms with Crippen molar-refractivity contribution in [3.63, 3.8) is 0 Å². The Bertz CT molecular complexity index is 519. The third kappa shape index (κ3) is 2.08. The Kier molecular flexibility index (Phi) is 2.87. The predicted octanol–water partition coefficient (Wildman–Crippen LogP) is 2.68. The first-order valence-electron chi connectivity index (χ1n) is 5.78. The maximum atomic E-state index is 5.89. The third-order valence-corrected chi connectivity index (χ3v) is 3.32. The molecule has 2 heterocycles. The van der Waals surface area contributed by atoms with Crippen molar-refractivity contribution in [3.8, 4) is 11.3 Å². The van der Waals surface area contributed by atoms with Crippen molar-refractivity contribution < 1.29 is 4.52 Å². The van der Waals surface area contributed by atoms with Gasteiger partial charge in [-0.1, -0.05) is 28.9 Å². The van der Waals surface area contributed by atoms with Crippen LogP contribution in [0, 0.1) is 0 Å². The lowest BCUT2D eigenvalue weighted by atomic mass is 10.0.